The minimum absolute atomic E-state index is 0.219. The number of hydrogen-bond donors (Lipinski definition) is 1. The maximum absolute atomic E-state index is 12.9. The summed E-state index contributed by atoms with van der Waals surface area (Å²) in [6.45, 7) is 7.74. The first-order valence-electron chi connectivity index (χ1n) is 8.67. The van der Waals surface area contributed by atoms with Crippen molar-refractivity contribution in [3.63, 3.8) is 0 Å². The van der Waals surface area contributed by atoms with Crippen molar-refractivity contribution < 1.29 is 8.42 Å². The third-order valence-corrected chi connectivity index (χ3v) is 6.83. The van der Waals surface area contributed by atoms with Crippen LogP contribution >= 0.6 is 23.2 Å². The highest BCUT2D eigenvalue weighted by atomic mass is 35.5. The van der Waals surface area contributed by atoms with Crippen LogP contribution in [0.5, 0.6) is 0 Å². The molecule has 148 valence electrons. The number of nitrogens with one attached hydrogen (secondary N) is 1. The van der Waals surface area contributed by atoms with E-state index in [0.29, 0.717) is 33.7 Å². The molecular weight excluding hydrogens is 417 g/mol. The minimum atomic E-state index is -3.73. The average Bonchev–Trinajstić information content (AvgIpc) is 2.87. The van der Waals surface area contributed by atoms with Gasteiger partial charge in [0.05, 0.1) is 28.5 Å². The van der Waals surface area contributed by atoms with Gasteiger partial charge >= 0.3 is 0 Å². The van der Waals surface area contributed by atoms with E-state index < -0.39 is 10.0 Å². The average molecular weight is 438 g/mol. The van der Waals surface area contributed by atoms with Gasteiger partial charge in [-0.3, -0.25) is 9.40 Å². The van der Waals surface area contributed by atoms with Gasteiger partial charge in [0.1, 0.15) is 0 Å². The summed E-state index contributed by atoms with van der Waals surface area (Å²) in [5.41, 5.74) is 4.41. The van der Waals surface area contributed by atoms with Crippen LogP contribution in [0.4, 0.5) is 5.69 Å². The Hall–Kier alpha value is -2.02. The van der Waals surface area contributed by atoms with E-state index in [4.69, 9.17) is 23.2 Å². The van der Waals surface area contributed by atoms with Crippen molar-refractivity contribution in [1.29, 1.82) is 0 Å². The third kappa shape index (κ3) is 4.04. The number of aromatic nitrogens is 2. The van der Waals surface area contributed by atoms with Gasteiger partial charge in [0, 0.05) is 15.6 Å². The molecule has 2 aromatic carbocycles. The van der Waals surface area contributed by atoms with Gasteiger partial charge in [-0.2, -0.15) is 5.10 Å². The quantitative estimate of drug-likeness (QED) is 0.590. The molecule has 1 heterocycles. The van der Waals surface area contributed by atoms with E-state index >= 15 is 0 Å². The fourth-order valence-corrected chi connectivity index (χ4v) is 4.68. The SMILES string of the molecule is Cc1ccc(S(=O)(=O)Nc2c(C)nn(Cc3c(Cl)cccc3Cl)c2C)cc1C. The highest BCUT2D eigenvalue weighted by Crippen LogP contribution is 2.28. The lowest BCUT2D eigenvalue weighted by Crippen LogP contribution is -2.14. The zero-order valence-electron chi connectivity index (χ0n) is 16.0. The lowest BCUT2D eigenvalue weighted by atomic mass is 10.1. The lowest BCUT2D eigenvalue weighted by molar-refractivity contribution is 0.601. The van der Waals surface area contributed by atoms with Crippen molar-refractivity contribution in [1.82, 2.24) is 9.78 Å². The predicted molar refractivity (Wildman–Crippen MR) is 114 cm³/mol. The van der Waals surface area contributed by atoms with E-state index in [1.165, 1.54) is 0 Å². The molecule has 0 saturated heterocycles. The summed E-state index contributed by atoms with van der Waals surface area (Å²) in [6, 6.07) is 10.4. The Kier molecular flexibility index (Phi) is 5.75. The summed E-state index contributed by atoms with van der Waals surface area (Å²) in [7, 11) is -3.73. The molecule has 0 aliphatic heterocycles. The molecule has 1 aromatic heterocycles. The van der Waals surface area contributed by atoms with Crippen LogP contribution in [-0.4, -0.2) is 18.2 Å². The molecule has 0 bridgehead atoms. The van der Waals surface area contributed by atoms with E-state index in [1.54, 1.807) is 48.0 Å². The first kappa shape index (κ1) is 20.7. The first-order valence-corrected chi connectivity index (χ1v) is 10.9. The Labute approximate surface area is 175 Å². The molecule has 0 unspecified atom stereocenters. The Morgan fingerprint density at radius 3 is 2.25 bits per heavy atom. The van der Waals surface area contributed by atoms with Crippen LogP contribution in [0.15, 0.2) is 41.3 Å². The summed E-state index contributed by atoms with van der Waals surface area (Å²) >= 11 is 12.5. The first-order chi connectivity index (χ1) is 13.1. The van der Waals surface area contributed by atoms with E-state index in [-0.39, 0.29) is 4.90 Å². The van der Waals surface area contributed by atoms with E-state index in [2.05, 4.69) is 9.82 Å². The second-order valence-electron chi connectivity index (χ2n) is 6.76. The van der Waals surface area contributed by atoms with Gasteiger partial charge in [0.2, 0.25) is 0 Å². The number of nitrogens with zero attached hydrogens (tertiary/aromatic N) is 2. The molecule has 0 spiro atoms. The van der Waals surface area contributed by atoms with Gasteiger partial charge in [-0.25, -0.2) is 8.42 Å². The van der Waals surface area contributed by atoms with Crippen LogP contribution in [0.1, 0.15) is 28.1 Å². The molecule has 1 N–H and O–H groups in total. The monoisotopic (exact) mass is 437 g/mol. The van der Waals surface area contributed by atoms with Gasteiger partial charge < -0.3 is 0 Å². The maximum atomic E-state index is 12.9. The molecule has 8 heteroatoms. The Bertz CT molecular complexity index is 1130. The molecule has 0 fully saturated rings. The molecule has 0 atom stereocenters. The predicted octanol–water partition coefficient (Wildman–Crippen LogP) is 5.27. The fourth-order valence-electron chi connectivity index (χ4n) is 2.91. The van der Waals surface area contributed by atoms with Crippen LogP contribution in [-0.2, 0) is 16.6 Å². The van der Waals surface area contributed by atoms with Crippen molar-refractivity contribution in [2.45, 2.75) is 39.1 Å². The van der Waals surface area contributed by atoms with Crippen molar-refractivity contribution in [3.05, 3.63) is 74.5 Å². The highest BCUT2D eigenvalue weighted by Gasteiger charge is 2.21. The summed E-state index contributed by atoms with van der Waals surface area (Å²) in [4.78, 5) is 0.219. The number of sulfonamides is 1. The number of halogens is 2. The molecule has 0 aliphatic rings. The van der Waals surface area contributed by atoms with E-state index in [1.807, 2.05) is 20.8 Å². The summed E-state index contributed by atoms with van der Waals surface area (Å²) in [5, 5.41) is 5.55. The van der Waals surface area contributed by atoms with E-state index in [9.17, 15) is 8.42 Å². The number of hydrogen-bond acceptors (Lipinski definition) is 3. The van der Waals surface area contributed by atoms with Crippen molar-refractivity contribution >= 4 is 38.9 Å². The molecule has 28 heavy (non-hydrogen) atoms. The lowest BCUT2D eigenvalue weighted by Gasteiger charge is -2.11. The molecule has 3 rings (SSSR count). The summed E-state index contributed by atoms with van der Waals surface area (Å²) < 4.78 is 30.1. The van der Waals surface area contributed by atoms with Crippen LogP contribution < -0.4 is 4.72 Å². The molecule has 0 radical (unpaired) electrons. The smallest absolute Gasteiger partial charge is 0.262 e. The van der Waals surface area contributed by atoms with Crippen LogP contribution in [0.25, 0.3) is 0 Å². The van der Waals surface area contributed by atoms with Gasteiger partial charge in [-0.05, 0) is 63.1 Å². The molecule has 0 saturated carbocycles. The van der Waals surface area contributed by atoms with E-state index in [0.717, 1.165) is 16.7 Å². The van der Waals surface area contributed by atoms with Crippen LogP contribution in [0.2, 0.25) is 10.0 Å². The van der Waals surface area contributed by atoms with Gasteiger partial charge in [0.25, 0.3) is 10.0 Å². The zero-order chi connectivity index (χ0) is 20.6. The van der Waals surface area contributed by atoms with Crippen molar-refractivity contribution in [2.75, 3.05) is 4.72 Å². The van der Waals surface area contributed by atoms with Crippen LogP contribution in [0.3, 0.4) is 0 Å². The second-order valence-corrected chi connectivity index (χ2v) is 9.25. The second kappa shape index (κ2) is 7.78. The standard InChI is InChI=1S/C20H21Cl2N3O2S/c1-12-8-9-16(10-13(12)2)28(26,27)24-20-14(3)23-25(15(20)4)11-17-18(21)6-5-7-19(17)22/h5-10,24H,11H2,1-4H3. The molecule has 3 aromatic rings. The zero-order valence-corrected chi connectivity index (χ0v) is 18.4. The Balaban J connectivity index is 1.95. The van der Waals surface area contributed by atoms with Crippen molar-refractivity contribution in [2.24, 2.45) is 0 Å². The van der Waals surface area contributed by atoms with Crippen LogP contribution in [0, 0.1) is 27.7 Å². The Morgan fingerprint density at radius 1 is 1.00 bits per heavy atom. The van der Waals surface area contributed by atoms with Crippen molar-refractivity contribution in [3.8, 4) is 0 Å². The highest BCUT2D eigenvalue weighted by molar-refractivity contribution is 7.92. The fraction of sp³-hybridized carbons (Fsp3) is 0.250. The van der Waals surface area contributed by atoms with Gasteiger partial charge in [-0.1, -0.05) is 35.3 Å². The van der Waals surface area contributed by atoms with Gasteiger partial charge in [-0.15, -0.1) is 0 Å². The maximum Gasteiger partial charge on any atom is 0.262 e. The number of benzene rings is 2. The number of aryl methyl sites for hydroxylation is 3. The normalized spacial score (nSPS) is 11.6. The minimum Gasteiger partial charge on any atom is -0.276 e. The summed E-state index contributed by atoms with van der Waals surface area (Å²) in [6.07, 6.45) is 0. The largest absolute Gasteiger partial charge is 0.276 e. The molecule has 0 amide bonds. The summed E-state index contributed by atoms with van der Waals surface area (Å²) in [5.74, 6) is 0. The van der Waals surface area contributed by atoms with Gasteiger partial charge in [0.15, 0.2) is 0 Å². The topological polar surface area (TPSA) is 64.0 Å². The molecular formula is C20H21Cl2N3O2S. The molecule has 5 nitrogen and oxygen atoms in total. The number of anilines is 1. The molecule has 0 aliphatic carbocycles. The number of rotatable bonds is 5. The third-order valence-electron chi connectivity index (χ3n) is 4.78. The Morgan fingerprint density at radius 2 is 1.64 bits per heavy atom.